The zero-order valence-corrected chi connectivity index (χ0v) is 8.03. The van der Waals surface area contributed by atoms with E-state index in [-0.39, 0.29) is 11.7 Å². The highest BCUT2D eigenvalue weighted by molar-refractivity contribution is 5.80. The van der Waals surface area contributed by atoms with E-state index in [4.69, 9.17) is 5.73 Å². The summed E-state index contributed by atoms with van der Waals surface area (Å²) in [5, 5.41) is 12.0. The van der Waals surface area contributed by atoms with Crippen molar-refractivity contribution in [2.45, 2.75) is 19.5 Å². The lowest BCUT2D eigenvalue weighted by atomic mass is 10.2. The Morgan fingerprint density at radius 2 is 2.21 bits per heavy atom. The summed E-state index contributed by atoms with van der Waals surface area (Å²) >= 11 is 0. The van der Waals surface area contributed by atoms with Crippen LogP contribution in [0.1, 0.15) is 12.5 Å². The maximum Gasteiger partial charge on any atom is 0.236 e. The molecule has 0 aromatic heterocycles. The maximum absolute atomic E-state index is 11.1. The van der Waals surface area contributed by atoms with E-state index in [2.05, 4.69) is 5.32 Å². The standard InChI is InChI=1S/C10H14N2O2/c1-7(11)10(14)12-6-8-4-2-3-5-9(8)13/h2-5,7,13H,6,11H2,1H3,(H,12,14)/t7-/m0/s1. The van der Waals surface area contributed by atoms with Crippen LogP contribution in [0.3, 0.4) is 0 Å². The summed E-state index contributed by atoms with van der Waals surface area (Å²) in [5.41, 5.74) is 6.05. The van der Waals surface area contributed by atoms with Gasteiger partial charge in [0.1, 0.15) is 5.75 Å². The van der Waals surface area contributed by atoms with Gasteiger partial charge < -0.3 is 16.2 Å². The molecule has 0 fully saturated rings. The van der Waals surface area contributed by atoms with Gasteiger partial charge in [0, 0.05) is 12.1 Å². The van der Waals surface area contributed by atoms with Crippen molar-refractivity contribution in [3.8, 4) is 5.75 Å². The highest BCUT2D eigenvalue weighted by atomic mass is 16.3. The summed E-state index contributed by atoms with van der Waals surface area (Å²) in [5.74, 6) is -0.0503. The molecule has 76 valence electrons. The molecule has 0 aliphatic rings. The fourth-order valence-electron chi connectivity index (χ4n) is 1.00. The molecule has 14 heavy (non-hydrogen) atoms. The van der Waals surface area contributed by atoms with Crippen molar-refractivity contribution in [1.29, 1.82) is 0 Å². The summed E-state index contributed by atoms with van der Waals surface area (Å²) < 4.78 is 0. The van der Waals surface area contributed by atoms with E-state index < -0.39 is 6.04 Å². The maximum atomic E-state index is 11.1. The van der Waals surface area contributed by atoms with Crippen molar-refractivity contribution in [3.05, 3.63) is 29.8 Å². The molecule has 0 saturated carbocycles. The molecule has 0 saturated heterocycles. The van der Waals surface area contributed by atoms with Gasteiger partial charge in [0.05, 0.1) is 6.04 Å². The van der Waals surface area contributed by atoms with Crippen molar-refractivity contribution in [3.63, 3.8) is 0 Å². The first-order valence-corrected chi connectivity index (χ1v) is 4.41. The Morgan fingerprint density at radius 1 is 1.57 bits per heavy atom. The number of hydrogen-bond acceptors (Lipinski definition) is 3. The summed E-state index contributed by atoms with van der Waals surface area (Å²) in [6, 6.07) is 6.32. The molecule has 0 unspecified atom stereocenters. The number of aromatic hydroxyl groups is 1. The number of carbonyl (C=O) groups is 1. The lowest BCUT2D eigenvalue weighted by molar-refractivity contribution is -0.122. The van der Waals surface area contributed by atoms with Gasteiger partial charge in [0.2, 0.25) is 5.91 Å². The van der Waals surface area contributed by atoms with Gasteiger partial charge in [0.15, 0.2) is 0 Å². The Bertz CT molecular complexity index is 324. The van der Waals surface area contributed by atoms with Crippen LogP contribution in [-0.4, -0.2) is 17.1 Å². The number of carbonyl (C=O) groups excluding carboxylic acids is 1. The van der Waals surface area contributed by atoms with Gasteiger partial charge in [-0.05, 0) is 13.0 Å². The molecule has 1 aromatic carbocycles. The van der Waals surface area contributed by atoms with Crippen LogP contribution in [0.5, 0.6) is 5.75 Å². The number of benzene rings is 1. The average molecular weight is 194 g/mol. The van der Waals surface area contributed by atoms with Crippen LogP contribution in [0, 0.1) is 0 Å². The van der Waals surface area contributed by atoms with E-state index in [1.165, 1.54) is 0 Å². The monoisotopic (exact) mass is 194 g/mol. The Morgan fingerprint density at radius 3 is 2.79 bits per heavy atom. The SMILES string of the molecule is C[C@H](N)C(=O)NCc1ccccc1O. The molecule has 0 aliphatic heterocycles. The van der Waals surface area contributed by atoms with E-state index in [9.17, 15) is 9.90 Å². The Balaban J connectivity index is 2.54. The normalized spacial score (nSPS) is 12.1. The minimum atomic E-state index is -0.527. The predicted molar refractivity (Wildman–Crippen MR) is 53.6 cm³/mol. The predicted octanol–water partition coefficient (Wildman–Crippen LogP) is 0.356. The molecule has 0 radical (unpaired) electrons. The van der Waals surface area contributed by atoms with Crippen molar-refractivity contribution in [1.82, 2.24) is 5.32 Å². The first kappa shape index (κ1) is 10.5. The Hall–Kier alpha value is -1.55. The number of phenolic OH excluding ortho intramolecular Hbond substituents is 1. The van der Waals surface area contributed by atoms with Gasteiger partial charge in [-0.2, -0.15) is 0 Å². The first-order chi connectivity index (χ1) is 6.61. The second-order valence-electron chi connectivity index (χ2n) is 3.14. The second kappa shape index (κ2) is 4.62. The third-order valence-corrected chi connectivity index (χ3v) is 1.86. The summed E-state index contributed by atoms with van der Waals surface area (Å²) in [6.45, 7) is 1.91. The van der Waals surface area contributed by atoms with E-state index in [0.29, 0.717) is 12.1 Å². The van der Waals surface area contributed by atoms with Crippen LogP contribution in [-0.2, 0) is 11.3 Å². The van der Waals surface area contributed by atoms with E-state index in [0.717, 1.165) is 0 Å². The molecule has 0 spiro atoms. The number of nitrogens with one attached hydrogen (secondary N) is 1. The van der Waals surface area contributed by atoms with Crippen LogP contribution >= 0.6 is 0 Å². The molecule has 4 nitrogen and oxygen atoms in total. The molecule has 1 amide bonds. The molecule has 0 bridgehead atoms. The van der Waals surface area contributed by atoms with Gasteiger partial charge in [-0.25, -0.2) is 0 Å². The molecule has 1 aromatic rings. The molecule has 0 aliphatic carbocycles. The minimum absolute atomic E-state index is 0.178. The van der Waals surface area contributed by atoms with E-state index in [1.807, 2.05) is 0 Å². The molecule has 4 N–H and O–H groups in total. The second-order valence-corrected chi connectivity index (χ2v) is 3.14. The molecule has 1 rings (SSSR count). The molecular formula is C10H14N2O2. The van der Waals surface area contributed by atoms with Crippen LogP contribution in [0.2, 0.25) is 0 Å². The van der Waals surface area contributed by atoms with Crippen LogP contribution in [0.25, 0.3) is 0 Å². The quantitative estimate of drug-likeness (QED) is 0.650. The Labute approximate surface area is 82.7 Å². The van der Waals surface area contributed by atoms with Crippen molar-refractivity contribution in [2.24, 2.45) is 5.73 Å². The zero-order valence-electron chi connectivity index (χ0n) is 8.03. The number of amides is 1. The highest BCUT2D eigenvalue weighted by Gasteiger charge is 2.07. The van der Waals surface area contributed by atoms with Crippen LogP contribution in [0.15, 0.2) is 24.3 Å². The number of hydrogen-bond donors (Lipinski definition) is 3. The summed E-state index contributed by atoms with van der Waals surface area (Å²) in [4.78, 5) is 11.1. The van der Waals surface area contributed by atoms with E-state index >= 15 is 0 Å². The number of rotatable bonds is 3. The molecular weight excluding hydrogens is 180 g/mol. The van der Waals surface area contributed by atoms with E-state index in [1.54, 1.807) is 31.2 Å². The molecule has 4 heteroatoms. The largest absolute Gasteiger partial charge is 0.508 e. The minimum Gasteiger partial charge on any atom is -0.508 e. The van der Waals surface area contributed by atoms with Crippen LogP contribution < -0.4 is 11.1 Å². The number of para-hydroxylation sites is 1. The van der Waals surface area contributed by atoms with Crippen molar-refractivity contribution >= 4 is 5.91 Å². The lowest BCUT2D eigenvalue weighted by Gasteiger charge is -2.08. The smallest absolute Gasteiger partial charge is 0.236 e. The summed E-state index contributed by atoms with van der Waals surface area (Å²) in [7, 11) is 0. The first-order valence-electron chi connectivity index (χ1n) is 4.41. The highest BCUT2D eigenvalue weighted by Crippen LogP contribution is 2.14. The fraction of sp³-hybridized carbons (Fsp3) is 0.300. The Kier molecular flexibility index (Phi) is 3.48. The summed E-state index contributed by atoms with van der Waals surface area (Å²) in [6.07, 6.45) is 0. The molecule has 0 heterocycles. The van der Waals surface area contributed by atoms with Crippen LogP contribution in [0.4, 0.5) is 0 Å². The number of phenols is 1. The topological polar surface area (TPSA) is 75.4 Å². The van der Waals surface area contributed by atoms with Gasteiger partial charge in [-0.3, -0.25) is 4.79 Å². The third kappa shape index (κ3) is 2.74. The zero-order chi connectivity index (χ0) is 10.6. The van der Waals surface area contributed by atoms with Gasteiger partial charge in [-0.1, -0.05) is 18.2 Å². The molecule has 1 atom stereocenters. The van der Waals surface area contributed by atoms with Crippen molar-refractivity contribution < 1.29 is 9.90 Å². The number of nitrogens with two attached hydrogens (primary N) is 1. The van der Waals surface area contributed by atoms with Crippen molar-refractivity contribution in [2.75, 3.05) is 0 Å². The van der Waals surface area contributed by atoms with Gasteiger partial charge in [0.25, 0.3) is 0 Å². The van der Waals surface area contributed by atoms with Gasteiger partial charge in [-0.15, -0.1) is 0 Å². The van der Waals surface area contributed by atoms with Gasteiger partial charge >= 0.3 is 0 Å². The fourth-order valence-corrected chi connectivity index (χ4v) is 1.00. The average Bonchev–Trinajstić information content (AvgIpc) is 2.16. The lowest BCUT2D eigenvalue weighted by Crippen LogP contribution is -2.37. The third-order valence-electron chi connectivity index (χ3n) is 1.86.